The van der Waals surface area contributed by atoms with Gasteiger partial charge in [0.1, 0.15) is 12.1 Å². The van der Waals surface area contributed by atoms with Gasteiger partial charge in [0.15, 0.2) is 5.78 Å². The molecule has 1 fully saturated rings. The highest BCUT2D eigenvalue weighted by molar-refractivity contribution is 5.96. The van der Waals surface area contributed by atoms with Gasteiger partial charge in [-0.15, -0.1) is 0 Å². The Kier molecular flexibility index (Phi) is 4.32. The Bertz CT molecular complexity index is 759. The average Bonchev–Trinajstić information content (AvgIpc) is 2.59. The van der Waals surface area contributed by atoms with Crippen LogP contribution in [-0.4, -0.2) is 52.7 Å². The molecule has 2 heterocycles. The van der Waals surface area contributed by atoms with Crippen molar-refractivity contribution in [2.45, 2.75) is 6.92 Å². The van der Waals surface area contributed by atoms with E-state index in [1.54, 1.807) is 11.2 Å². The highest BCUT2D eigenvalue weighted by Crippen LogP contribution is 2.23. The quantitative estimate of drug-likeness (QED) is 0.802. The second-order valence-electron chi connectivity index (χ2n) is 5.47. The average molecular weight is 310 g/mol. The number of amides is 1. The van der Waals surface area contributed by atoms with E-state index < -0.39 is 0 Å². The molecule has 0 N–H and O–H groups in total. The normalized spacial score (nSPS) is 15.3. The van der Waals surface area contributed by atoms with Crippen LogP contribution in [0.25, 0.3) is 10.9 Å². The molecule has 1 saturated heterocycles. The Hall–Kier alpha value is -2.76. The number of nitrogens with zero attached hydrogens (tertiary/aromatic N) is 4. The molecule has 118 valence electrons. The van der Waals surface area contributed by atoms with Crippen LogP contribution in [0.2, 0.25) is 0 Å². The number of anilines is 1. The van der Waals surface area contributed by atoms with Crippen LogP contribution in [0.3, 0.4) is 0 Å². The SMILES string of the molecule is CC(=O)C=CC(=O)N1CCN(c2ncnc3ccccc23)CC1. The Balaban J connectivity index is 1.71. The molecule has 0 unspecified atom stereocenters. The Morgan fingerprint density at radius 2 is 1.78 bits per heavy atom. The highest BCUT2D eigenvalue weighted by atomic mass is 16.2. The van der Waals surface area contributed by atoms with Crippen molar-refractivity contribution in [1.82, 2.24) is 14.9 Å². The molecule has 6 heteroatoms. The number of carbonyl (C=O) groups is 2. The second kappa shape index (κ2) is 6.56. The fraction of sp³-hybridized carbons (Fsp3) is 0.294. The summed E-state index contributed by atoms with van der Waals surface area (Å²) < 4.78 is 0. The van der Waals surface area contributed by atoms with Gasteiger partial charge >= 0.3 is 0 Å². The zero-order valence-corrected chi connectivity index (χ0v) is 13.0. The van der Waals surface area contributed by atoms with E-state index in [2.05, 4.69) is 14.9 Å². The third-order valence-corrected chi connectivity index (χ3v) is 3.87. The molecular weight excluding hydrogens is 292 g/mol. The first kappa shape index (κ1) is 15.1. The van der Waals surface area contributed by atoms with Crippen molar-refractivity contribution in [3.8, 4) is 0 Å². The monoisotopic (exact) mass is 310 g/mol. The van der Waals surface area contributed by atoms with E-state index in [4.69, 9.17) is 0 Å². The second-order valence-corrected chi connectivity index (χ2v) is 5.47. The molecule has 3 rings (SSSR count). The number of ketones is 1. The number of allylic oxidation sites excluding steroid dienone is 1. The van der Waals surface area contributed by atoms with Gasteiger partial charge in [-0.25, -0.2) is 9.97 Å². The van der Waals surface area contributed by atoms with Crippen molar-refractivity contribution in [2.75, 3.05) is 31.1 Å². The Morgan fingerprint density at radius 1 is 1.04 bits per heavy atom. The van der Waals surface area contributed by atoms with Crippen LogP contribution >= 0.6 is 0 Å². The first-order chi connectivity index (χ1) is 11.1. The molecule has 2 aromatic rings. The lowest BCUT2D eigenvalue weighted by molar-refractivity contribution is -0.126. The first-order valence-corrected chi connectivity index (χ1v) is 7.57. The fourth-order valence-corrected chi connectivity index (χ4v) is 2.68. The van der Waals surface area contributed by atoms with E-state index >= 15 is 0 Å². The maximum Gasteiger partial charge on any atom is 0.246 e. The summed E-state index contributed by atoms with van der Waals surface area (Å²) in [5, 5.41) is 1.02. The van der Waals surface area contributed by atoms with Crippen molar-refractivity contribution < 1.29 is 9.59 Å². The summed E-state index contributed by atoms with van der Waals surface area (Å²) in [4.78, 5) is 35.5. The predicted molar refractivity (Wildman–Crippen MR) is 88.2 cm³/mol. The number of hydrogen-bond donors (Lipinski definition) is 0. The maximum absolute atomic E-state index is 12.0. The van der Waals surface area contributed by atoms with Gasteiger partial charge in [-0.05, 0) is 25.1 Å². The maximum atomic E-state index is 12.0. The zero-order valence-electron chi connectivity index (χ0n) is 13.0. The van der Waals surface area contributed by atoms with E-state index in [0.717, 1.165) is 16.7 Å². The summed E-state index contributed by atoms with van der Waals surface area (Å²) in [5.74, 6) is 0.666. The van der Waals surface area contributed by atoms with Crippen LogP contribution in [-0.2, 0) is 9.59 Å². The molecule has 0 aliphatic carbocycles. The number of para-hydroxylation sites is 1. The Morgan fingerprint density at radius 3 is 2.52 bits per heavy atom. The summed E-state index contributed by atoms with van der Waals surface area (Å²) in [7, 11) is 0. The molecule has 0 bridgehead atoms. The molecule has 23 heavy (non-hydrogen) atoms. The number of fused-ring (bicyclic) bond motifs is 1. The van der Waals surface area contributed by atoms with Crippen LogP contribution in [0.5, 0.6) is 0 Å². The van der Waals surface area contributed by atoms with E-state index in [0.29, 0.717) is 26.2 Å². The zero-order chi connectivity index (χ0) is 16.2. The highest BCUT2D eigenvalue weighted by Gasteiger charge is 2.21. The van der Waals surface area contributed by atoms with Crippen molar-refractivity contribution >= 4 is 28.4 Å². The molecule has 6 nitrogen and oxygen atoms in total. The number of carbonyl (C=O) groups excluding carboxylic acids is 2. The lowest BCUT2D eigenvalue weighted by Crippen LogP contribution is -2.48. The number of rotatable bonds is 3. The minimum atomic E-state index is -0.121. The van der Waals surface area contributed by atoms with Gasteiger partial charge in [-0.3, -0.25) is 9.59 Å². The van der Waals surface area contributed by atoms with Gasteiger partial charge in [-0.2, -0.15) is 0 Å². The van der Waals surface area contributed by atoms with Crippen LogP contribution in [0.1, 0.15) is 6.92 Å². The van der Waals surface area contributed by atoms with Gasteiger partial charge < -0.3 is 9.80 Å². The van der Waals surface area contributed by atoms with Gasteiger partial charge in [0.2, 0.25) is 5.91 Å². The standard InChI is InChI=1S/C17H18N4O2/c1-13(22)6-7-16(23)20-8-10-21(11-9-20)17-14-4-2-3-5-15(14)18-12-19-17/h2-7,12H,8-11H2,1H3. The number of benzene rings is 1. The first-order valence-electron chi connectivity index (χ1n) is 7.57. The van der Waals surface area contributed by atoms with Crippen molar-refractivity contribution in [2.24, 2.45) is 0 Å². The molecule has 0 radical (unpaired) electrons. The minimum Gasteiger partial charge on any atom is -0.352 e. The third kappa shape index (κ3) is 3.36. The lowest BCUT2D eigenvalue weighted by Gasteiger charge is -2.35. The van der Waals surface area contributed by atoms with Crippen LogP contribution in [0.4, 0.5) is 5.82 Å². The molecule has 1 aliphatic heterocycles. The topological polar surface area (TPSA) is 66.4 Å². The van der Waals surface area contributed by atoms with Crippen LogP contribution in [0, 0.1) is 0 Å². The van der Waals surface area contributed by atoms with Crippen molar-refractivity contribution in [1.29, 1.82) is 0 Å². The molecule has 1 aromatic carbocycles. The number of hydrogen-bond acceptors (Lipinski definition) is 5. The summed E-state index contributed by atoms with van der Waals surface area (Å²) in [6, 6.07) is 7.91. The van der Waals surface area contributed by atoms with Gasteiger partial charge in [0.05, 0.1) is 5.52 Å². The smallest absolute Gasteiger partial charge is 0.246 e. The van der Waals surface area contributed by atoms with Gasteiger partial charge in [0, 0.05) is 37.6 Å². The minimum absolute atomic E-state index is 0.118. The largest absolute Gasteiger partial charge is 0.352 e. The molecule has 1 aromatic heterocycles. The summed E-state index contributed by atoms with van der Waals surface area (Å²) in [6.45, 7) is 4.07. The van der Waals surface area contributed by atoms with Crippen LogP contribution in [0.15, 0.2) is 42.7 Å². The summed E-state index contributed by atoms with van der Waals surface area (Å²) in [5.41, 5.74) is 0.917. The van der Waals surface area contributed by atoms with Crippen LogP contribution < -0.4 is 4.90 Å². The van der Waals surface area contributed by atoms with Gasteiger partial charge in [0.25, 0.3) is 0 Å². The Labute approximate surface area is 134 Å². The molecular formula is C17H18N4O2. The lowest BCUT2D eigenvalue weighted by atomic mass is 10.2. The van der Waals surface area contributed by atoms with E-state index in [-0.39, 0.29) is 11.7 Å². The number of piperazine rings is 1. The van der Waals surface area contributed by atoms with Gasteiger partial charge in [-0.1, -0.05) is 12.1 Å². The summed E-state index contributed by atoms with van der Waals surface area (Å²) in [6.07, 6.45) is 4.23. The fourth-order valence-electron chi connectivity index (χ4n) is 2.68. The van der Waals surface area contributed by atoms with Crippen molar-refractivity contribution in [3.63, 3.8) is 0 Å². The van der Waals surface area contributed by atoms with E-state index in [9.17, 15) is 9.59 Å². The van der Waals surface area contributed by atoms with Crippen molar-refractivity contribution in [3.05, 3.63) is 42.7 Å². The molecule has 0 atom stereocenters. The summed E-state index contributed by atoms with van der Waals surface area (Å²) >= 11 is 0. The molecule has 0 spiro atoms. The third-order valence-electron chi connectivity index (χ3n) is 3.87. The molecule has 0 saturated carbocycles. The molecule has 1 amide bonds. The molecule has 1 aliphatic rings. The number of aromatic nitrogens is 2. The van der Waals surface area contributed by atoms with E-state index in [1.165, 1.54) is 19.1 Å². The predicted octanol–water partition coefficient (Wildman–Crippen LogP) is 1.42. The van der Waals surface area contributed by atoms with E-state index in [1.807, 2.05) is 24.3 Å².